The summed E-state index contributed by atoms with van der Waals surface area (Å²) in [5.74, 6) is -12.6. The SMILES string of the molecule is CC[C@H](C)[C@H]1NC(=O)[C@@H](NC(=O)c2ccc(C)c3oc4c(C)c(=O)c(N)c(C(=O)N[C@@H]5C(=O)N[C@H](C(C)C)C(=O)N6CCC[C@H]6C(=O)N(C)CC(=O)N(C)[C@@H](C(C)C)C(=O)O[C@@H]5C)c-4nc23)[C@@H](C)OC(=O)[C@H](C(C)C)N(C)C(=O)CN(C)C(=O)CN(C)C1=O. The lowest BCUT2D eigenvalue weighted by Crippen LogP contribution is -2.61. The van der Waals surface area contributed by atoms with Gasteiger partial charge in [0.2, 0.25) is 52.7 Å². The first-order valence-electron chi connectivity index (χ1n) is 29.9. The van der Waals surface area contributed by atoms with Gasteiger partial charge in [0, 0.05) is 47.3 Å². The molecule has 89 heavy (non-hydrogen) atoms. The van der Waals surface area contributed by atoms with E-state index < -0.39 is 191 Å². The molecule has 0 saturated carbocycles. The standard InChI is InChI=1S/C61H86N12O16/c1-18-30(8)43-58(83)70(15)24-37(74)68(13)25-38(75)71(16)48(28(4)5)60(85)87-33(11)44(56(81)65-43)66-53(78)35-22-21-31(9)51-46(35)63-47-40(41(62)50(77)32(10)52(47)89-51)54(79)67-45-34(12)88-61(86)49(29(6)7)72(17)39(76)26-69(14)57(82)36-20-19-23-73(36)59(84)42(27(2)3)64-55(45)80/h21-22,27-30,33-34,36,42-45,48-49H,18-20,23-26,62H2,1-17H3,(H,64,80)(H,65,81)(H,66,78)(H,67,79)/t30-,33+,34+,36-,42+,43+,44-,45-,48-,49-/m0/s1. The summed E-state index contributed by atoms with van der Waals surface area (Å²) >= 11 is 0. The maximum absolute atomic E-state index is 15.2. The number of hydrogen-bond acceptors (Lipinski definition) is 18. The molecule has 6 rings (SSSR count). The van der Waals surface area contributed by atoms with Crippen LogP contribution in [0.3, 0.4) is 0 Å². The number of amides is 10. The Morgan fingerprint density at radius 1 is 0.663 bits per heavy atom. The zero-order chi connectivity index (χ0) is 66.7. The quantitative estimate of drug-likeness (QED) is 0.111. The molecule has 4 aliphatic heterocycles. The molecule has 0 unspecified atom stereocenters. The van der Waals surface area contributed by atoms with Gasteiger partial charge >= 0.3 is 11.9 Å². The number of carbonyl (C=O) groups excluding carboxylic acids is 12. The number of aromatic nitrogens is 1. The first kappa shape index (κ1) is 69.4. The Hall–Kier alpha value is -8.72. The first-order valence-corrected chi connectivity index (χ1v) is 29.9. The van der Waals surface area contributed by atoms with Gasteiger partial charge in [0.25, 0.3) is 11.8 Å². The van der Waals surface area contributed by atoms with Crippen LogP contribution in [0.15, 0.2) is 21.3 Å². The number of benzene rings is 2. The fourth-order valence-electron chi connectivity index (χ4n) is 11.4. The third kappa shape index (κ3) is 14.6. The largest absolute Gasteiger partial charge is 0.458 e. The van der Waals surface area contributed by atoms with Crippen LogP contribution in [0, 0.1) is 37.5 Å². The molecule has 3 fully saturated rings. The van der Waals surface area contributed by atoms with Crippen molar-refractivity contribution in [1.82, 2.24) is 55.7 Å². The number of anilines is 1. The Balaban J connectivity index is 1.48. The normalized spacial score (nSPS) is 25.2. The minimum Gasteiger partial charge on any atom is -0.458 e. The highest BCUT2D eigenvalue weighted by Gasteiger charge is 2.45. The molecule has 0 aromatic heterocycles. The van der Waals surface area contributed by atoms with Gasteiger partial charge in [-0.2, -0.15) is 0 Å². The predicted molar refractivity (Wildman–Crippen MR) is 323 cm³/mol. The minimum absolute atomic E-state index is 0.0811. The highest BCUT2D eigenvalue weighted by molar-refractivity contribution is 6.10. The van der Waals surface area contributed by atoms with Gasteiger partial charge in [0.05, 0.1) is 36.4 Å². The summed E-state index contributed by atoms with van der Waals surface area (Å²) in [7, 11) is 6.87. The van der Waals surface area contributed by atoms with Gasteiger partial charge in [-0.3, -0.25) is 52.7 Å². The third-order valence-corrected chi connectivity index (χ3v) is 17.0. The number of nitrogens with two attached hydrogens (primary N) is 1. The van der Waals surface area contributed by atoms with E-state index in [4.69, 9.17) is 24.6 Å². The summed E-state index contributed by atoms with van der Waals surface area (Å²) in [5.41, 5.74) is 3.52. The molecule has 3 saturated heterocycles. The van der Waals surface area contributed by atoms with E-state index in [1.807, 2.05) is 0 Å². The topological polar surface area (TPSA) is 360 Å². The van der Waals surface area contributed by atoms with Gasteiger partial charge in [-0.1, -0.05) is 67.9 Å². The van der Waals surface area contributed by atoms with Crippen molar-refractivity contribution in [1.29, 1.82) is 0 Å². The molecule has 28 heteroatoms. The average molecular weight is 1240 g/mol. The average Bonchev–Trinajstić information content (AvgIpc) is 1.15. The molecular weight excluding hydrogens is 1160 g/mol. The number of esters is 2. The number of hydrogen-bond donors (Lipinski definition) is 5. The summed E-state index contributed by atoms with van der Waals surface area (Å²) in [6, 6.07) is -6.98. The summed E-state index contributed by atoms with van der Waals surface area (Å²) in [4.78, 5) is 198. The van der Waals surface area contributed by atoms with Gasteiger partial charge < -0.3 is 70.3 Å². The number of fused-ring (bicyclic) bond motifs is 3. The van der Waals surface area contributed by atoms with Crippen LogP contribution in [0.1, 0.15) is 120 Å². The van der Waals surface area contributed by atoms with E-state index in [1.165, 1.54) is 77.9 Å². The van der Waals surface area contributed by atoms with E-state index in [-0.39, 0.29) is 41.0 Å². The molecule has 1 aromatic carbocycles. The van der Waals surface area contributed by atoms with Crippen molar-refractivity contribution in [2.75, 3.05) is 67.2 Å². The molecule has 1 aliphatic carbocycles. The van der Waals surface area contributed by atoms with Crippen molar-refractivity contribution in [2.45, 2.75) is 157 Å². The highest BCUT2D eigenvalue weighted by atomic mass is 16.6. The number of carbonyl (C=O) groups is 12. The number of likely N-dealkylation sites (N-methyl/N-ethyl adjacent to an activating group) is 5. The van der Waals surface area contributed by atoms with E-state index in [1.54, 1.807) is 62.3 Å². The smallest absolute Gasteiger partial charge is 0.329 e. The Bertz CT molecular complexity index is 3340. The number of cyclic esters (lactones) is 2. The van der Waals surface area contributed by atoms with Crippen LogP contribution >= 0.6 is 0 Å². The fraction of sp³-hybridized carbons (Fsp3) is 0.607. The van der Waals surface area contributed by atoms with Crippen molar-refractivity contribution in [2.24, 2.45) is 23.7 Å². The van der Waals surface area contributed by atoms with Gasteiger partial charge in [-0.15, -0.1) is 0 Å². The predicted octanol–water partition coefficient (Wildman–Crippen LogP) is 0.583. The fourth-order valence-corrected chi connectivity index (χ4v) is 11.4. The lowest BCUT2D eigenvalue weighted by atomic mass is 9.96. The lowest BCUT2D eigenvalue weighted by Gasteiger charge is -2.36. The lowest BCUT2D eigenvalue weighted by molar-refractivity contribution is -0.163. The zero-order valence-corrected chi connectivity index (χ0v) is 53.8. The molecule has 1 aromatic rings. The Kier molecular flexibility index (Phi) is 22.0. The maximum Gasteiger partial charge on any atom is 0.329 e. The second-order valence-corrected chi connectivity index (χ2v) is 24.7. The second-order valence-electron chi connectivity index (χ2n) is 24.7. The Morgan fingerprint density at radius 3 is 1.67 bits per heavy atom. The zero-order valence-electron chi connectivity index (χ0n) is 53.8. The summed E-state index contributed by atoms with van der Waals surface area (Å²) < 4.78 is 18.3. The highest BCUT2D eigenvalue weighted by Crippen LogP contribution is 2.35. The van der Waals surface area contributed by atoms with Crippen molar-refractivity contribution in [3.8, 4) is 11.5 Å². The van der Waals surface area contributed by atoms with Crippen molar-refractivity contribution in [3.63, 3.8) is 0 Å². The summed E-state index contributed by atoms with van der Waals surface area (Å²) in [6.45, 7) is 17.8. The van der Waals surface area contributed by atoms with E-state index in [9.17, 15) is 52.7 Å². The monoisotopic (exact) mass is 1240 g/mol. The van der Waals surface area contributed by atoms with Crippen molar-refractivity contribution in [3.05, 3.63) is 44.6 Å². The molecule has 4 heterocycles. The van der Waals surface area contributed by atoms with E-state index in [2.05, 4.69) is 21.3 Å². The van der Waals surface area contributed by atoms with E-state index >= 15 is 9.59 Å². The van der Waals surface area contributed by atoms with Crippen molar-refractivity contribution >= 4 is 87.8 Å². The molecule has 0 bridgehead atoms. The molecule has 0 spiro atoms. The summed E-state index contributed by atoms with van der Waals surface area (Å²) in [5, 5.41) is 10.6. The number of nitrogen functional groups attached to an aromatic ring is 1. The molecule has 486 valence electrons. The molecule has 5 aliphatic rings. The van der Waals surface area contributed by atoms with Gasteiger partial charge in [-0.05, 0) is 75.8 Å². The van der Waals surface area contributed by atoms with Gasteiger partial charge in [0.1, 0.15) is 65.7 Å². The van der Waals surface area contributed by atoms with Crippen LogP contribution in [0.4, 0.5) is 5.69 Å². The number of nitrogens with one attached hydrogen (secondary N) is 4. The van der Waals surface area contributed by atoms with E-state index in [0.717, 1.165) is 19.6 Å². The van der Waals surface area contributed by atoms with Crippen LogP contribution in [0.5, 0.6) is 0 Å². The second kappa shape index (κ2) is 28.2. The van der Waals surface area contributed by atoms with Crippen LogP contribution in [-0.2, 0) is 57.4 Å². The van der Waals surface area contributed by atoms with Gasteiger partial charge in [0.15, 0.2) is 11.3 Å². The van der Waals surface area contributed by atoms with Crippen LogP contribution in [0.2, 0.25) is 0 Å². The van der Waals surface area contributed by atoms with Crippen LogP contribution < -0.4 is 32.4 Å². The van der Waals surface area contributed by atoms with Crippen molar-refractivity contribution < 1.29 is 71.4 Å². The number of aryl methyl sites for hydroxylation is 1. The van der Waals surface area contributed by atoms with Gasteiger partial charge in [-0.25, -0.2) is 14.6 Å². The minimum atomic E-state index is -1.89. The molecule has 6 N–H and O–H groups in total. The molecule has 10 atom stereocenters. The summed E-state index contributed by atoms with van der Waals surface area (Å²) in [6.07, 6.45) is -2.04. The Morgan fingerprint density at radius 2 is 1.16 bits per heavy atom. The van der Waals surface area contributed by atoms with Crippen LogP contribution in [0.25, 0.3) is 22.6 Å². The number of rotatable bonds is 9. The Labute approximate surface area is 516 Å². The first-order chi connectivity index (χ1) is 41.6. The number of ether oxygens (including phenoxy) is 2. The molecule has 10 amide bonds. The molecule has 0 radical (unpaired) electrons. The third-order valence-electron chi connectivity index (χ3n) is 17.0. The van der Waals surface area contributed by atoms with E-state index in [0.29, 0.717) is 18.4 Å². The van der Waals surface area contributed by atoms with Crippen LogP contribution in [-0.4, -0.2) is 221 Å². The molecular formula is C61H86N12O16. The molecule has 28 nitrogen and oxygen atoms in total. The maximum atomic E-state index is 15.2. The number of nitrogens with zero attached hydrogens (tertiary/aromatic N) is 7.